The Morgan fingerprint density at radius 1 is 1.12 bits per heavy atom. The van der Waals surface area contributed by atoms with Crippen LogP contribution >= 0.6 is 11.8 Å². The van der Waals surface area contributed by atoms with Crippen molar-refractivity contribution in [2.24, 2.45) is 7.05 Å². The summed E-state index contributed by atoms with van der Waals surface area (Å²) in [7, 11) is 1.92. The maximum absolute atomic E-state index is 13.3. The van der Waals surface area contributed by atoms with Gasteiger partial charge in [-0.3, -0.25) is 0 Å². The molecule has 0 amide bonds. The molecule has 0 aliphatic heterocycles. The maximum atomic E-state index is 13.3. The van der Waals surface area contributed by atoms with Gasteiger partial charge in [-0.05, 0) is 36.8 Å². The molecule has 6 heteroatoms. The number of benzene rings is 2. The average molecular weight is 343 g/mol. The summed E-state index contributed by atoms with van der Waals surface area (Å²) >= 11 is 1.53. The highest BCUT2D eigenvalue weighted by Crippen LogP contribution is 2.31. The molecule has 2 aromatic carbocycles. The molecule has 124 valence electrons. The summed E-state index contributed by atoms with van der Waals surface area (Å²) in [6, 6.07) is 14.4. The molecule has 3 rings (SSSR count). The van der Waals surface area contributed by atoms with Gasteiger partial charge in [0, 0.05) is 12.8 Å². The predicted octanol–water partition coefficient (Wildman–Crippen LogP) is 4.31. The Kier molecular flexibility index (Phi) is 5.15. The molecule has 0 N–H and O–H groups in total. The zero-order chi connectivity index (χ0) is 16.9. The Bertz CT molecular complexity index is 835. The highest BCUT2D eigenvalue weighted by molar-refractivity contribution is 7.98. The lowest BCUT2D eigenvalue weighted by Crippen LogP contribution is -1.99. The number of para-hydroxylation sites is 1. The van der Waals surface area contributed by atoms with Gasteiger partial charge in [0.25, 0.3) is 0 Å². The van der Waals surface area contributed by atoms with Crippen molar-refractivity contribution >= 4 is 11.8 Å². The lowest BCUT2D eigenvalue weighted by molar-refractivity contribution is 0.341. The van der Waals surface area contributed by atoms with Crippen molar-refractivity contribution in [3.63, 3.8) is 0 Å². The molecule has 0 saturated carbocycles. The van der Waals surface area contributed by atoms with Gasteiger partial charge in [0.05, 0.1) is 12.2 Å². The summed E-state index contributed by atoms with van der Waals surface area (Å²) < 4.78 is 20.9. The second-order valence-corrected chi connectivity index (χ2v) is 6.16. The van der Waals surface area contributed by atoms with Gasteiger partial charge in [0.2, 0.25) is 0 Å². The highest BCUT2D eigenvalue weighted by atomic mass is 32.2. The molecule has 0 aliphatic carbocycles. The summed E-state index contributed by atoms with van der Waals surface area (Å²) in [6.07, 6.45) is 0. The van der Waals surface area contributed by atoms with Crippen LogP contribution in [-0.2, 0) is 12.8 Å². The van der Waals surface area contributed by atoms with E-state index in [2.05, 4.69) is 10.2 Å². The van der Waals surface area contributed by atoms with Crippen LogP contribution in [0.5, 0.6) is 5.75 Å². The number of nitrogens with zero attached hydrogens (tertiary/aromatic N) is 3. The minimum absolute atomic E-state index is 0.225. The summed E-state index contributed by atoms with van der Waals surface area (Å²) in [5, 5.41) is 9.33. The van der Waals surface area contributed by atoms with Crippen molar-refractivity contribution in [1.29, 1.82) is 0 Å². The van der Waals surface area contributed by atoms with E-state index in [0.29, 0.717) is 12.4 Å². The molecule has 0 spiro atoms. The van der Waals surface area contributed by atoms with E-state index in [9.17, 15) is 4.39 Å². The van der Waals surface area contributed by atoms with Crippen LogP contribution in [0.25, 0.3) is 11.4 Å². The first kappa shape index (κ1) is 16.5. The fourth-order valence-corrected chi connectivity index (χ4v) is 3.24. The lowest BCUT2D eigenvalue weighted by Gasteiger charge is -2.09. The van der Waals surface area contributed by atoms with Crippen molar-refractivity contribution in [3.05, 3.63) is 59.9 Å². The van der Waals surface area contributed by atoms with Crippen molar-refractivity contribution in [2.45, 2.75) is 17.8 Å². The van der Waals surface area contributed by atoms with Gasteiger partial charge in [0.15, 0.2) is 11.0 Å². The fourth-order valence-electron chi connectivity index (χ4n) is 2.38. The first-order valence-electron chi connectivity index (χ1n) is 7.68. The van der Waals surface area contributed by atoms with Gasteiger partial charge < -0.3 is 9.30 Å². The van der Waals surface area contributed by atoms with Crippen LogP contribution in [0, 0.1) is 5.82 Å². The van der Waals surface area contributed by atoms with Gasteiger partial charge in [-0.1, -0.05) is 36.0 Å². The number of rotatable bonds is 6. The van der Waals surface area contributed by atoms with Gasteiger partial charge in [-0.2, -0.15) is 0 Å². The van der Waals surface area contributed by atoms with Crippen molar-refractivity contribution in [3.8, 4) is 17.1 Å². The Labute approximate surface area is 144 Å². The van der Waals surface area contributed by atoms with Crippen LogP contribution < -0.4 is 4.74 Å². The molecular formula is C18H18FN3OS. The van der Waals surface area contributed by atoms with E-state index >= 15 is 0 Å². The molecule has 4 nitrogen and oxygen atoms in total. The fraction of sp³-hybridized carbons (Fsp3) is 0.222. The quantitative estimate of drug-likeness (QED) is 0.625. The third kappa shape index (κ3) is 3.59. The van der Waals surface area contributed by atoms with E-state index in [0.717, 1.165) is 27.9 Å². The predicted molar refractivity (Wildman–Crippen MR) is 93.6 cm³/mol. The van der Waals surface area contributed by atoms with Crippen LogP contribution in [0.15, 0.2) is 53.7 Å². The SMILES string of the molecule is CCOc1ccccc1-c1nnc(SCc2cccc(F)c2)n1C. The summed E-state index contributed by atoms with van der Waals surface area (Å²) in [5.74, 6) is 1.95. The second-order valence-electron chi connectivity index (χ2n) is 5.21. The summed E-state index contributed by atoms with van der Waals surface area (Å²) in [6.45, 7) is 2.55. The Morgan fingerprint density at radius 3 is 2.75 bits per heavy atom. The van der Waals surface area contributed by atoms with Crippen molar-refractivity contribution in [2.75, 3.05) is 6.61 Å². The minimum Gasteiger partial charge on any atom is -0.493 e. The molecule has 0 saturated heterocycles. The smallest absolute Gasteiger partial charge is 0.191 e. The molecule has 0 atom stereocenters. The Balaban J connectivity index is 1.81. The van der Waals surface area contributed by atoms with Crippen LogP contribution in [0.3, 0.4) is 0 Å². The molecule has 0 fully saturated rings. The molecule has 1 aromatic heterocycles. The lowest BCUT2D eigenvalue weighted by atomic mass is 10.2. The molecule has 3 aromatic rings. The standard InChI is InChI=1S/C18H18FN3OS/c1-3-23-16-10-5-4-9-15(16)17-20-21-18(22(17)2)24-12-13-7-6-8-14(19)11-13/h4-11H,3,12H2,1-2H3. The topological polar surface area (TPSA) is 39.9 Å². The zero-order valence-corrected chi connectivity index (χ0v) is 14.4. The average Bonchev–Trinajstić information content (AvgIpc) is 2.95. The Hall–Kier alpha value is -2.34. The maximum Gasteiger partial charge on any atom is 0.191 e. The number of hydrogen-bond donors (Lipinski definition) is 0. The Morgan fingerprint density at radius 2 is 1.96 bits per heavy atom. The van der Waals surface area contributed by atoms with Gasteiger partial charge in [-0.25, -0.2) is 4.39 Å². The van der Waals surface area contributed by atoms with E-state index in [-0.39, 0.29) is 5.82 Å². The van der Waals surface area contributed by atoms with E-state index in [4.69, 9.17) is 4.74 Å². The zero-order valence-electron chi connectivity index (χ0n) is 13.6. The molecule has 1 heterocycles. The van der Waals surface area contributed by atoms with E-state index in [1.807, 2.05) is 48.9 Å². The highest BCUT2D eigenvalue weighted by Gasteiger charge is 2.15. The van der Waals surface area contributed by atoms with E-state index in [1.165, 1.54) is 23.9 Å². The first-order chi connectivity index (χ1) is 11.7. The van der Waals surface area contributed by atoms with Gasteiger partial charge in [-0.15, -0.1) is 10.2 Å². The van der Waals surface area contributed by atoms with E-state index in [1.54, 1.807) is 6.07 Å². The van der Waals surface area contributed by atoms with Crippen LogP contribution in [0.4, 0.5) is 4.39 Å². The van der Waals surface area contributed by atoms with Crippen LogP contribution in [0.1, 0.15) is 12.5 Å². The molecule has 0 radical (unpaired) electrons. The molecular weight excluding hydrogens is 325 g/mol. The minimum atomic E-state index is -0.225. The summed E-state index contributed by atoms with van der Waals surface area (Å²) in [5.41, 5.74) is 1.83. The number of hydrogen-bond acceptors (Lipinski definition) is 4. The van der Waals surface area contributed by atoms with Gasteiger partial charge >= 0.3 is 0 Å². The number of aromatic nitrogens is 3. The van der Waals surface area contributed by atoms with Gasteiger partial charge in [0.1, 0.15) is 11.6 Å². The van der Waals surface area contributed by atoms with E-state index < -0.39 is 0 Å². The first-order valence-corrected chi connectivity index (χ1v) is 8.66. The number of ether oxygens (including phenoxy) is 1. The molecule has 0 unspecified atom stereocenters. The van der Waals surface area contributed by atoms with Crippen molar-refractivity contribution in [1.82, 2.24) is 14.8 Å². The third-order valence-electron chi connectivity index (χ3n) is 3.52. The third-order valence-corrected chi connectivity index (χ3v) is 4.61. The normalized spacial score (nSPS) is 10.8. The second kappa shape index (κ2) is 7.49. The van der Waals surface area contributed by atoms with Crippen molar-refractivity contribution < 1.29 is 9.13 Å². The number of thioether (sulfide) groups is 1. The largest absolute Gasteiger partial charge is 0.493 e. The van der Waals surface area contributed by atoms with Crippen LogP contribution in [-0.4, -0.2) is 21.4 Å². The summed E-state index contributed by atoms with van der Waals surface area (Å²) in [4.78, 5) is 0. The van der Waals surface area contributed by atoms with Crippen LogP contribution in [0.2, 0.25) is 0 Å². The molecule has 0 aliphatic rings. The monoisotopic (exact) mass is 343 g/mol. The molecule has 24 heavy (non-hydrogen) atoms. The molecule has 0 bridgehead atoms. The number of halogens is 1.